The van der Waals surface area contributed by atoms with Crippen molar-refractivity contribution in [3.05, 3.63) is 69.8 Å². The van der Waals surface area contributed by atoms with E-state index in [1.54, 1.807) is 18.3 Å². The first-order chi connectivity index (χ1) is 13.4. The van der Waals surface area contributed by atoms with Gasteiger partial charge in [0, 0.05) is 31.9 Å². The zero-order chi connectivity index (χ0) is 20.1. The van der Waals surface area contributed by atoms with Gasteiger partial charge in [-0.25, -0.2) is 0 Å². The first-order valence-electron chi connectivity index (χ1n) is 8.51. The molecule has 1 aliphatic rings. The van der Waals surface area contributed by atoms with E-state index in [9.17, 15) is 14.9 Å². The number of benzene rings is 2. The third-order valence-electron chi connectivity index (χ3n) is 4.11. The Bertz CT molecular complexity index is 924. The van der Waals surface area contributed by atoms with Crippen molar-refractivity contribution < 1.29 is 9.72 Å². The maximum absolute atomic E-state index is 12.1. The van der Waals surface area contributed by atoms with Crippen molar-refractivity contribution in [1.82, 2.24) is 5.32 Å². The van der Waals surface area contributed by atoms with Gasteiger partial charge in [-0.3, -0.25) is 14.9 Å². The van der Waals surface area contributed by atoms with Gasteiger partial charge in [0.05, 0.1) is 16.4 Å². The summed E-state index contributed by atoms with van der Waals surface area (Å²) in [5.41, 5.74) is 2.88. The van der Waals surface area contributed by atoms with Crippen LogP contribution in [0, 0.1) is 10.1 Å². The molecule has 28 heavy (non-hydrogen) atoms. The summed E-state index contributed by atoms with van der Waals surface area (Å²) in [6.45, 7) is 0. The highest BCUT2D eigenvalue weighted by molar-refractivity contribution is 8.15. The summed E-state index contributed by atoms with van der Waals surface area (Å²) in [7, 11) is 3.95. The van der Waals surface area contributed by atoms with E-state index < -0.39 is 4.92 Å². The lowest BCUT2D eigenvalue weighted by atomic mass is 10.1. The Morgan fingerprint density at radius 2 is 1.86 bits per heavy atom. The van der Waals surface area contributed by atoms with Crippen LogP contribution in [0.4, 0.5) is 11.4 Å². The smallest absolute Gasteiger partial charge is 0.269 e. The van der Waals surface area contributed by atoms with Crippen molar-refractivity contribution in [3.8, 4) is 0 Å². The number of nitrogens with one attached hydrogen (secondary N) is 1. The number of nitrogens with zero attached hydrogens (tertiary/aromatic N) is 4. The van der Waals surface area contributed by atoms with Crippen LogP contribution in [0.5, 0.6) is 0 Å². The number of amidine groups is 1. The van der Waals surface area contributed by atoms with Gasteiger partial charge < -0.3 is 10.2 Å². The van der Waals surface area contributed by atoms with Crippen LogP contribution in [-0.4, -0.2) is 41.6 Å². The molecule has 1 heterocycles. The molecule has 2 aromatic rings. The molecule has 1 atom stereocenters. The van der Waals surface area contributed by atoms with Crippen LogP contribution in [0.3, 0.4) is 0 Å². The minimum Gasteiger partial charge on any atom is -0.378 e. The Balaban J connectivity index is 1.59. The van der Waals surface area contributed by atoms with Crippen LogP contribution in [0.1, 0.15) is 11.1 Å². The van der Waals surface area contributed by atoms with E-state index in [1.165, 1.54) is 23.9 Å². The average Bonchev–Trinajstić information content (AvgIpc) is 3.02. The van der Waals surface area contributed by atoms with Gasteiger partial charge >= 0.3 is 0 Å². The van der Waals surface area contributed by atoms with Gasteiger partial charge in [0.25, 0.3) is 5.69 Å². The number of thioether (sulfide) groups is 1. The largest absolute Gasteiger partial charge is 0.378 e. The molecule has 3 rings (SSSR count). The molecule has 0 saturated carbocycles. The van der Waals surface area contributed by atoms with Crippen LogP contribution in [0.15, 0.2) is 58.7 Å². The molecule has 0 aliphatic carbocycles. The molecule has 1 fully saturated rings. The Labute approximate surface area is 166 Å². The van der Waals surface area contributed by atoms with Crippen molar-refractivity contribution in [3.63, 3.8) is 0 Å². The number of rotatable bonds is 6. The SMILES string of the molecule is CN(C)c1ccc(/C=N\N=C2/NC(=O)[C@@H](Cc3ccc([N+](=O)[O-])cc3)S2)cc1. The number of hydrogen-bond acceptors (Lipinski definition) is 7. The number of amides is 1. The second-order valence-electron chi connectivity index (χ2n) is 6.36. The molecule has 0 aromatic heterocycles. The van der Waals surface area contributed by atoms with Gasteiger partial charge in [-0.2, -0.15) is 5.10 Å². The normalized spacial score (nSPS) is 17.9. The van der Waals surface area contributed by atoms with Crippen LogP contribution in [-0.2, 0) is 11.2 Å². The molecule has 144 valence electrons. The number of nitro groups is 1. The maximum Gasteiger partial charge on any atom is 0.269 e. The molecule has 1 N–H and O–H groups in total. The first kappa shape index (κ1) is 19.6. The lowest BCUT2D eigenvalue weighted by Gasteiger charge is -2.11. The zero-order valence-electron chi connectivity index (χ0n) is 15.4. The van der Waals surface area contributed by atoms with Gasteiger partial charge in [-0.15, -0.1) is 5.10 Å². The van der Waals surface area contributed by atoms with E-state index in [1.807, 2.05) is 43.3 Å². The van der Waals surface area contributed by atoms with Gasteiger partial charge in [0.15, 0.2) is 5.17 Å². The monoisotopic (exact) mass is 397 g/mol. The van der Waals surface area contributed by atoms with Gasteiger partial charge in [0.1, 0.15) is 0 Å². The Morgan fingerprint density at radius 1 is 1.18 bits per heavy atom. The second-order valence-corrected chi connectivity index (χ2v) is 7.55. The lowest BCUT2D eigenvalue weighted by molar-refractivity contribution is -0.384. The molecule has 2 aromatic carbocycles. The highest BCUT2D eigenvalue weighted by Gasteiger charge is 2.30. The highest BCUT2D eigenvalue weighted by Crippen LogP contribution is 2.24. The molecule has 0 unspecified atom stereocenters. The predicted molar refractivity (Wildman–Crippen MR) is 112 cm³/mol. The maximum atomic E-state index is 12.1. The molecular weight excluding hydrogens is 378 g/mol. The third kappa shape index (κ3) is 4.95. The average molecular weight is 397 g/mol. The number of anilines is 1. The second kappa shape index (κ2) is 8.66. The number of carbonyl (C=O) groups excluding carboxylic acids is 1. The molecule has 0 spiro atoms. The predicted octanol–water partition coefficient (Wildman–Crippen LogP) is 2.83. The molecule has 1 aliphatic heterocycles. The van der Waals surface area contributed by atoms with Crippen molar-refractivity contribution >= 4 is 40.4 Å². The lowest BCUT2D eigenvalue weighted by Crippen LogP contribution is -2.25. The minimum absolute atomic E-state index is 0.0301. The summed E-state index contributed by atoms with van der Waals surface area (Å²) in [5.74, 6) is -0.146. The number of nitro benzene ring substituents is 1. The number of carbonyl (C=O) groups is 1. The van der Waals surface area contributed by atoms with Crippen molar-refractivity contribution in [2.45, 2.75) is 11.7 Å². The summed E-state index contributed by atoms with van der Waals surface area (Å²) < 4.78 is 0. The van der Waals surface area contributed by atoms with Crippen molar-refractivity contribution in [1.29, 1.82) is 0 Å². The fourth-order valence-corrected chi connectivity index (χ4v) is 3.53. The Morgan fingerprint density at radius 3 is 2.46 bits per heavy atom. The number of non-ortho nitro benzene ring substituents is 1. The van der Waals surface area contributed by atoms with E-state index in [4.69, 9.17) is 0 Å². The number of hydrogen-bond donors (Lipinski definition) is 1. The summed E-state index contributed by atoms with van der Waals surface area (Å²) in [4.78, 5) is 24.4. The quantitative estimate of drug-likeness (QED) is 0.459. The molecule has 1 amide bonds. The summed E-state index contributed by atoms with van der Waals surface area (Å²) in [6, 6.07) is 14.1. The first-order valence-corrected chi connectivity index (χ1v) is 9.39. The minimum atomic E-state index is -0.447. The topological polar surface area (TPSA) is 100 Å². The van der Waals surface area contributed by atoms with E-state index >= 15 is 0 Å². The van der Waals surface area contributed by atoms with Crippen molar-refractivity contribution in [2.24, 2.45) is 10.2 Å². The van der Waals surface area contributed by atoms with Crippen molar-refractivity contribution in [2.75, 3.05) is 19.0 Å². The summed E-state index contributed by atoms with van der Waals surface area (Å²) >= 11 is 1.30. The fourth-order valence-electron chi connectivity index (χ4n) is 2.56. The van der Waals surface area contributed by atoms with E-state index in [2.05, 4.69) is 15.5 Å². The van der Waals surface area contributed by atoms with E-state index in [-0.39, 0.29) is 16.8 Å². The zero-order valence-corrected chi connectivity index (χ0v) is 16.2. The Hall–Kier alpha value is -3.20. The molecule has 9 heteroatoms. The highest BCUT2D eigenvalue weighted by atomic mass is 32.2. The third-order valence-corrected chi connectivity index (χ3v) is 5.18. The molecule has 1 saturated heterocycles. The Kier molecular flexibility index (Phi) is 6.05. The van der Waals surface area contributed by atoms with E-state index in [0.717, 1.165) is 16.8 Å². The van der Waals surface area contributed by atoms with Gasteiger partial charge in [-0.05, 0) is 29.7 Å². The summed E-state index contributed by atoms with van der Waals surface area (Å²) in [6.07, 6.45) is 2.09. The van der Waals surface area contributed by atoms with Crippen LogP contribution >= 0.6 is 11.8 Å². The van der Waals surface area contributed by atoms with Crippen LogP contribution in [0.25, 0.3) is 0 Å². The van der Waals surface area contributed by atoms with Crippen LogP contribution < -0.4 is 10.2 Å². The standard InChI is InChI=1S/C19H19N5O3S/c1-23(2)15-7-5-14(6-8-15)12-20-22-19-21-18(25)17(28-19)11-13-3-9-16(10-4-13)24(26)27/h3-10,12,17H,11H2,1-2H3,(H,21,22,25)/b20-12-/t17-/m1/s1. The molecular formula is C19H19N5O3S. The van der Waals surface area contributed by atoms with Gasteiger partial charge in [0.2, 0.25) is 5.91 Å². The molecule has 0 radical (unpaired) electrons. The summed E-state index contributed by atoms with van der Waals surface area (Å²) in [5, 5.41) is 21.6. The van der Waals surface area contributed by atoms with Crippen LogP contribution in [0.2, 0.25) is 0 Å². The molecule has 0 bridgehead atoms. The van der Waals surface area contributed by atoms with E-state index in [0.29, 0.717) is 11.6 Å². The van der Waals surface area contributed by atoms with Gasteiger partial charge in [-0.1, -0.05) is 36.0 Å². The molecule has 8 nitrogen and oxygen atoms in total. The fraction of sp³-hybridized carbons (Fsp3) is 0.211.